The monoisotopic (exact) mass is 483 g/mol. The van der Waals surface area contributed by atoms with Crippen LogP contribution in [-0.2, 0) is 13.1 Å². The van der Waals surface area contributed by atoms with Crippen LogP contribution < -0.4 is 14.8 Å². The second-order valence-corrected chi connectivity index (χ2v) is 8.69. The maximum atomic E-state index is 12.7. The van der Waals surface area contributed by atoms with Crippen LogP contribution in [0.15, 0.2) is 72.8 Å². The number of hydrogen-bond donors (Lipinski definition) is 1. The number of imidazole rings is 1. The Morgan fingerprint density at radius 1 is 1.03 bits per heavy atom. The number of allylic oxidation sites excluding steroid dienone is 1. The highest BCUT2D eigenvalue weighted by atomic mass is 16.5. The van der Waals surface area contributed by atoms with Gasteiger partial charge in [-0.2, -0.15) is 0 Å². The number of hydrogen-bond acceptors (Lipinski definition) is 4. The van der Waals surface area contributed by atoms with Crippen molar-refractivity contribution in [2.24, 2.45) is 0 Å². The Morgan fingerprint density at radius 2 is 1.89 bits per heavy atom. The molecule has 0 aliphatic heterocycles. The zero-order valence-electron chi connectivity index (χ0n) is 21.2. The number of benzene rings is 3. The summed E-state index contributed by atoms with van der Waals surface area (Å²) in [6.45, 7) is 5.72. The molecular weight excluding hydrogens is 450 g/mol. The lowest BCUT2D eigenvalue weighted by Gasteiger charge is -2.13. The summed E-state index contributed by atoms with van der Waals surface area (Å²) in [6.07, 6.45) is 5.82. The van der Waals surface area contributed by atoms with Gasteiger partial charge in [0.1, 0.15) is 5.82 Å². The Bertz CT molecular complexity index is 1360. The van der Waals surface area contributed by atoms with Gasteiger partial charge in [0.2, 0.25) is 0 Å². The molecule has 1 heterocycles. The smallest absolute Gasteiger partial charge is 0.251 e. The summed E-state index contributed by atoms with van der Waals surface area (Å²) in [6, 6.07) is 21.6. The highest BCUT2D eigenvalue weighted by Crippen LogP contribution is 2.29. The van der Waals surface area contributed by atoms with E-state index in [0.717, 1.165) is 58.9 Å². The number of aryl methyl sites for hydroxylation is 2. The molecular formula is C30H33N3O3. The van der Waals surface area contributed by atoms with Gasteiger partial charge in [-0.15, -0.1) is 0 Å². The number of nitrogens with one attached hydrogen (secondary N) is 1. The Balaban J connectivity index is 1.37. The average Bonchev–Trinajstić information content (AvgIpc) is 3.25. The van der Waals surface area contributed by atoms with Crippen LogP contribution in [0.5, 0.6) is 11.5 Å². The number of para-hydroxylation sites is 2. The van der Waals surface area contributed by atoms with Crippen molar-refractivity contribution in [2.45, 2.75) is 39.8 Å². The molecule has 3 aromatic carbocycles. The summed E-state index contributed by atoms with van der Waals surface area (Å²) in [5.74, 6) is 2.23. The van der Waals surface area contributed by atoms with E-state index in [-0.39, 0.29) is 5.91 Å². The predicted molar refractivity (Wildman–Crippen MR) is 145 cm³/mol. The topological polar surface area (TPSA) is 65.4 Å². The van der Waals surface area contributed by atoms with E-state index in [0.29, 0.717) is 18.7 Å². The van der Waals surface area contributed by atoms with Gasteiger partial charge in [0.05, 0.1) is 31.3 Å². The molecule has 0 unspecified atom stereocenters. The predicted octanol–water partition coefficient (Wildman–Crippen LogP) is 6.18. The number of carbonyl (C=O) groups is 1. The molecule has 0 radical (unpaired) electrons. The molecule has 0 spiro atoms. The number of aromatic nitrogens is 2. The van der Waals surface area contributed by atoms with E-state index >= 15 is 0 Å². The number of rotatable bonds is 11. The van der Waals surface area contributed by atoms with Crippen LogP contribution in [0.25, 0.3) is 17.1 Å². The fraction of sp³-hybridized carbons (Fsp3) is 0.267. The summed E-state index contributed by atoms with van der Waals surface area (Å²) in [7, 11) is 1.66. The molecule has 186 valence electrons. The standard InChI is InChI=1S/C30H33N3O3/c1-4-10-23-15-16-27(28(20-23)35-3)36-18-8-7-17-33-26-14-6-5-13-25(26)32-29(33)21-31-30(34)24-12-9-11-22(2)19-24/h4-6,9-16,19-20H,7-8,17-18,21H2,1-3H3,(H,31,34)/b10-4+. The number of amides is 1. The lowest BCUT2D eigenvalue weighted by atomic mass is 10.1. The minimum Gasteiger partial charge on any atom is -0.493 e. The molecule has 0 aliphatic rings. The number of fused-ring (bicyclic) bond motifs is 1. The third-order valence-electron chi connectivity index (χ3n) is 6.00. The third kappa shape index (κ3) is 6.13. The van der Waals surface area contributed by atoms with Crippen molar-refractivity contribution in [3.63, 3.8) is 0 Å². The van der Waals surface area contributed by atoms with E-state index in [1.165, 1.54) is 0 Å². The van der Waals surface area contributed by atoms with E-state index in [4.69, 9.17) is 14.5 Å². The summed E-state index contributed by atoms with van der Waals surface area (Å²) >= 11 is 0. The van der Waals surface area contributed by atoms with Crippen LogP contribution in [0.4, 0.5) is 0 Å². The SMILES string of the molecule is C/C=C/c1ccc(OCCCCn2c(CNC(=O)c3cccc(C)c3)nc3ccccc32)c(OC)c1. The zero-order chi connectivity index (χ0) is 25.3. The third-order valence-corrected chi connectivity index (χ3v) is 6.00. The van der Waals surface area contributed by atoms with E-state index in [9.17, 15) is 4.79 Å². The first kappa shape index (κ1) is 25.0. The molecule has 1 N–H and O–H groups in total. The van der Waals surface area contributed by atoms with Crippen molar-refractivity contribution in [1.82, 2.24) is 14.9 Å². The highest BCUT2D eigenvalue weighted by Gasteiger charge is 2.13. The molecule has 36 heavy (non-hydrogen) atoms. The second kappa shape index (κ2) is 12.1. The van der Waals surface area contributed by atoms with Gasteiger partial charge in [-0.3, -0.25) is 4.79 Å². The number of nitrogens with zero attached hydrogens (tertiary/aromatic N) is 2. The zero-order valence-corrected chi connectivity index (χ0v) is 21.2. The lowest BCUT2D eigenvalue weighted by Crippen LogP contribution is -2.25. The van der Waals surface area contributed by atoms with Crippen LogP contribution in [0.3, 0.4) is 0 Å². The Hall–Kier alpha value is -4.06. The molecule has 0 bridgehead atoms. The average molecular weight is 484 g/mol. The molecule has 0 saturated heterocycles. The minimum atomic E-state index is -0.0971. The van der Waals surface area contributed by atoms with Crippen molar-refractivity contribution in [1.29, 1.82) is 0 Å². The molecule has 4 aromatic rings. The van der Waals surface area contributed by atoms with Crippen molar-refractivity contribution in [2.75, 3.05) is 13.7 Å². The number of methoxy groups -OCH3 is 1. The van der Waals surface area contributed by atoms with E-state index < -0.39 is 0 Å². The maximum Gasteiger partial charge on any atom is 0.251 e. The Labute approximate surface area is 212 Å². The number of unbranched alkanes of at least 4 members (excludes halogenated alkanes) is 1. The summed E-state index contributed by atoms with van der Waals surface area (Å²) in [5, 5.41) is 3.03. The van der Waals surface area contributed by atoms with Crippen molar-refractivity contribution < 1.29 is 14.3 Å². The molecule has 0 atom stereocenters. The van der Waals surface area contributed by atoms with Crippen LogP contribution in [0, 0.1) is 6.92 Å². The summed E-state index contributed by atoms with van der Waals surface area (Å²) < 4.78 is 13.7. The van der Waals surface area contributed by atoms with Gasteiger partial charge in [0, 0.05) is 12.1 Å². The molecule has 0 aliphatic carbocycles. The second-order valence-electron chi connectivity index (χ2n) is 8.69. The molecule has 6 nitrogen and oxygen atoms in total. The van der Waals surface area contributed by atoms with Gasteiger partial charge in [0.25, 0.3) is 5.91 Å². The fourth-order valence-electron chi connectivity index (χ4n) is 4.21. The van der Waals surface area contributed by atoms with Gasteiger partial charge in [-0.25, -0.2) is 4.98 Å². The first-order valence-corrected chi connectivity index (χ1v) is 12.3. The van der Waals surface area contributed by atoms with Crippen molar-refractivity contribution in [3.8, 4) is 11.5 Å². The van der Waals surface area contributed by atoms with E-state index in [2.05, 4.69) is 16.0 Å². The molecule has 0 fully saturated rings. The highest BCUT2D eigenvalue weighted by molar-refractivity contribution is 5.94. The minimum absolute atomic E-state index is 0.0971. The van der Waals surface area contributed by atoms with Crippen LogP contribution in [-0.4, -0.2) is 29.2 Å². The van der Waals surface area contributed by atoms with Crippen LogP contribution >= 0.6 is 0 Å². The first-order valence-electron chi connectivity index (χ1n) is 12.3. The normalized spacial score (nSPS) is 11.2. The van der Waals surface area contributed by atoms with Gasteiger partial charge in [-0.1, -0.05) is 48.0 Å². The number of ether oxygens (including phenoxy) is 2. The van der Waals surface area contributed by atoms with Gasteiger partial charge in [0.15, 0.2) is 11.5 Å². The lowest BCUT2D eigenvalue weighted by molar-refractivity contribution is 0.0949. The molecule has 6 heteroatoms. The maximum absolute atomic E-state index is 12.7. The summed E-state index contributed by atoms with van der Waals surface area (Å²) in [4.78, 5) is 17.4. The summed E-state index contributed by atoms with van der Waals surface area (Å²) in [5.41, 5.74) is 4.79. The molecule has 4 rings (SSSR count). The van der Waals surface area contributed by atoms with E-state index in [1.54, 1.807) is 7.11 Å². The van der Waals surface area contributed by atoms with Gasteiger partial charge in [-0.05, 0) is 68.7 Å². The van der Waals surface area contributed by atoms with Gasteiger partial charge >= 0.3 is 0 Å². The molecule has 1 amide bonds. The van der Waals surface area contributed by atoms with E-state index in [1.807, 2.05) is 86.7 Å². The molecule has 0 saturated carbocycles. The van der Waals surface area contributed by atoms with Crippen LogP contribution in [0.1, 0.15) is 47.1 Å². The van der Waals surface area contributed by atoms with Crippen LogP contribution in [0.2, 0.25) is 0 Å². The van der Waals surface area contributed by atoms with Crippen molar-refractivity contribution >= 4 is 23.0 Å². The Kier molecular flexibility index (Phi) is 8.40. The first-order chi connectivity index (χ1) is 17.6. The number of carbonyl (C=O) groups excluding carboxylic acids is 1. The van der Waals surface area contributed by atoms with Crippen molar-refractivity contribution in [3.05, 3.63) is 95.3 Å². The molecule has 1 aromatic heterocycles. The Morgan fingerprint density at radius 3 is 2.69 bits per heavy atom. The largest absolute Gasteiger partial charge is 0.493 e. The quantitative estimate of drug-likeness (QED) is 0.259. The van der Waals surface area contributed by atoms with Gasteiger partial charge < -0.3 is 19.4 Å². The fourth-order valence-corrected chi connectivity index (χ4v) is 4.21.